The van der Waals surface area contributed by atoms with Crippen LogP contribution >= 0.6 is 0 Å². The molecule has 0 saturated carbocycles. The van der Waals surface area contributed by atoms with Crippen molar-refractivity contribution in [1.82, 2.24) is 19.7 Å². The molecule has 190 valence electrons. The summed E-state index contributed by atoms with van der Waals surface area (Å²) in [6.45, 7) is -0.995. The number of ether oxygens (including phenoxy) is 1. The number of halogens is 4. The highest BCUT2D eigenvalue weighted by molar-refractivity contribution is 5.94. The molecule has 0 unspecified atom stereocenters. The number of nitriles is 1. The SMILES string of the molecule is CN1O/C(=C\OCC(F)(F)F)Cn2nc3c(c2C1=O)CN(CC(=O)Nc1ccc(F)c(C#N)c1)CC3. The molecule has 0 saturated heterocycles. The van der Waals surface area contributed by atoms with Crippen molar-refractivity contribution in [3.63, 3.8) is 0 Å². The molecule has 1 aromatic heterocycles. The zero-order valence-electron chi connectivity index (χ0n) is 18.9. The number of hydrogen-bond donors (Lipinski definition) is 1. The van der Waals surface area contributed by atoms with Crippen molar-refractivity contribution in [2.45, 2.75) is 25.7 Å². The lowest BCUT2D eigenvalue weighted by Crippen LogP contribution is -2.38. The molecule has 1 aromatic carbocycles. The summed E-state index contributed by atoms with van der Waals surface area (Å²) in [7, 11) is 1.32. The first-order chi connectivity index (χ1) is 17.0. The van der Waals surface area contributed by atoms with Gasteiger partial charge in [-0.3, -0.25) is 19.2 Å². The fourth-order valence-corrected chi connectivity index (χ4v) is 3.89. The number of nitrogens with one attached hydrogen (secondary N) is 1. The van der Waals surface area contributed by atoms with E-state index in [-0.39, 0.29) is 42.3 Å². The summed E-state index contributed by atoms with van der Waals surface area (Å²) < 4.78 is 56.5. The fourth-order valence-electron chi connectivity index (χ4n) is 3.89. The van der Waals surface area contributed by atoms with Gasteiger partial charge in [-0.15, -0.1) is 0 Å². The van der Waals surface area contributed by atoms with E-state index in [4.69, 9.17) is 10.1 Å². The molecule has 10 nitrogen and oxygen atoms in total. The smallest absolute Gasteiger partial charge is 0.422 e. The number of alkyl halides is 3. The number of carbonyl (C=O) groups excluding carboxylic acids is 2. The molecule has 0 atom stereocenters. The molecule has 3 heterocycles. The van der Waals surface area contributed by atoms with Gasteiger partial charge in [0, 0.05) is 37.8 Å². The predicted molar refractivity (Wildman–Crippen MR) is 114 cm³/mol. The van der Waals surface area contributed by atoms with Gasteiger partial charge in [0.25, 0.3) is 0 Å². The first-order valence-corrected chi connectivity index (χ1v) is 10.7. The van der Waals surface area contributed by atoms with Crippen molar-refractivity contribution in [2.24, 2.45) is 0 Å². The topological polar surface area (TPSA) is 113 Å². The predicted octanol–water partition coefficient (Wildman–Crippen LogP) is 2.33. The maximum Gasteiger partial charge on any atom is 0.422 e. The largest absolute Gasteiger partial charge is 0.488 e. The van der Waals surface area contributed by atoms with Crippen LogP contribution in [0.5, 0.6) is 0 Å². The minimum Gasteiger partial charge on any atom is -0.488 e. The number of hydroxylamine groups is 2. The second-order valence-electron chi connectivity index (χ2n) is 8.15. The number of aromatic nitrogens is 2. The number of anilines is 1. The van der Waals surface area contributed by atoms with Crippen LogP contribution in [0.3, 0.4) is 0 Å². The van der Waals surface area contributed by atoms with Crippen molar-refractivity contribution in [3.05, 3.63) is 58.6 Å². The van der Waals surface area contributed by atoms with Gasteiger partial charge in [0.2, 0.25) is 5.91 Å². The van der Waals surface area contributed by atoms with Gasteiger partial charge in [0.05, 0.1) is 17.8 Å². The molecular formula is C22H20F4N6O4. The maximum atomic E-state index is 13.5. The summed E-state index contributed by atoms with van der Waals surface area (Å²) in [5.41, 5.74) is 1.50. The third kappa shape index (κ3) is 5.57. The lowest BCUT2D eigenvalue weighted by molar-refractivity contribution is -0.163. The van der Waals surface area contributed by atoms with Crippen molar-refractivity contribution >= 4 is 17.5 Å². The number of nitrogens with zero attached hydrogens (tertiary/aromatic N) is 5. The number of rotatable bonds is 5. The number of hydrogen-bond acceptors (Lipinski definition) is 7. The zero-order chi connectivity index (χ0) is 26.0. The average molecular weight is 508 g/mol. The van der Waals surface area contributed by atoms with E-state index in [0.29, 0.717) is 24.2 Å². The van der Waals surface area contributed by atoms with E-state index >= 15 is 0 Å². The van der Waals surface area contributed by atoms with Gasteiger partial charge in [-0.2, -0.15) is 28.6 Å². The van der Waals surface area contributed by atoms with E-state index in [1.165, 1.54) is 23.9 Å². The van der Waals surface area contributed by atoms with Crippen LogP contribution in [0, 0.1) is 17.1 Å². The molecule has 2 aliphatic heterocycles. The quantitative estimate of drug-likeness (QED) is 0.487. The Kier molecular flexibility index (Phi) is 6.84. The summed E-state index contributed by atoms with van der Waals surface area (Å²) in [5, 5.41) is 16.9. The molecule has 0 spiro atoms. The van der Waals surface area contributed by atoms with Crippen molar-refractivity contribution in [1.29, 1.82) is 5.26 Å². The van der Waals surface area contributed by atoms with Gasteiger partial charge in [-0.05, 0) is 18.2 Å². The molecule has 0 aliphatic carbocycles. The first-order valence-electron chi connectivity index (χ1n) is 10.7. The Bertz CT molecular complexity index is 1270. The zero-order valence-corrected chi connectivity index (χ0v) is 18.9. The average Bonchev–Trinajstić information content (AvgIpc) is 3.10. The molecule has 2 amide bonds. The van der Waals surface area contributed by atoms with E-state index in [1.54, 1.807) is 11.0 Å². The van der Waals surface area contributed by atoms with E-state index in [2.05, 4.69) is 15.2 Å². The number of amides is 2. The maximum absolute atomic E-state index is 13.5. The first kappa shape index (κ1) is 25.0. The third-order valence-corrected chi connectivity index (χ3v) is 5.43. The summed E-state index contributed by atoms with van der Waals surface area (Å²) in [6, 6.07) is 5.37. The fraction of sp³-hybridized carbons (Fsp3) is 0.364. The summed E-state index contributed by atoms with van der Waals surface area (Å²) in [6.07, 6.45) is -3.29. The van der Waals surface area contributed by atoms with Crippen molar-refractivity contribution < 1.29 is 36.7 Å². The van der Waals surface area contributed by atoms with Crippen LogP contribution in [0.1, 0.15) is 27.3 Å². The number of fused-ring (bicyclic) bond motifs is 3. The van der Waals surface area contributed by atoms with Crippen LogP contribution in [0.4, 0.5) is 23.2 Å². The van der Waals surface area contributed by atoms with E-state index < -0.39 is 30.4 Å². The molecule has 1 N–H and O–H groups in total. The Morgan fingerprint density at radius 2 is 2.14 bits per heavy atom. The van der Waals surface area contributed by atoms with Crippen LogP contribution in [0.2, 0.25) is 0 Å². The number of benzene rings is 1. The van der Waals surface area contributed by atoms with Gasteiger partial charge < -0.3 is 14.9 Å². The highest BCUT2D eigenvalue weighted by Gasteiger charge is 2.34. The van der Waals surface area contributed by atoms with Gasteiger partial charge in [0.15, 0.2) is 12.4 Å². The number of allylic oxidation sites excluding steroid dienone is 1. The highest BCUT2D eigenvalue weighted by Crippen LogP contribution is 2.27. The Hall–Kier alpha value is -4.12. The monoisotopic (exact) mass is 508 g/mol. The van der Waals surface area contributed by atoms with E-state index in [0.717, 1.165) is 17.4 Å². The van der Waals surface area contributed by atoms with E-state index in [9.17, 15) is 27.2 Å². The second kappa shape index (κ2) is 9.86. The van der Waals surface area contributed by atoms with Crippen LogP contribution in [0.25, 0.3) is 0 Å². The van der Waals surface area contributed by atoms with Crippen molar-refractivity contribution in [3.8, 4) is 6.07 Å². The standard InChI is InChI=1S/C22H20F4N6O4/c1-30-21(34)20-16-9-31(10-19(33)28-14-2-3-17(23)13(6-14)7-27)5-4-18(16)29-32(20)8-15(36-30)11-35-12-22(24,25)26/h2-3,6,11H,4-5,8-10,12H2,1H3,(H,28,33)/b15-11-. The Labute approximate surface area is 202 Å². The highest BCUT2D eigenvalue weighted by atomic mass is 19.4. The van der Waals surface area contributed by atoms with Crippen LogP contribution < -0.4 is 5.32 Å². The summed E-state index contributed by atoms with van der Waals surface area (Å²) in [5.74, 6) is -1.68. The number of carbonyl (C=O) groups is 2. The normalized spacial score (nSPS) is 17.1. The third-order valence-electron chi connectivity index (χ3n) is 5.43. The molecule has 2 aliphatic rings. The molecule has 14 heteroatoms. The molecule has 2 aromatic rings. The van der Waals surface area contributed by atoms with Gasteiger partial charge >= 0.3 is 12.1 Å². The minimum atomic E-state index is -4.52. The van der Waals surface area contributed by atoms with Crippen LogP contribution in [-0.4, -0.2) is 64.5 Å². The van der Waals surface area contributed by atoms with Crippen molar-refractivity contribution in [2.75, 3.05) is 32.1 Å². The Morgan fingerprint density at radius 1 is 1.36 bits per heavy atom. The second-order valence-corrected chi connectivity index (χ2v) is 8.15. The van der Waals surface area contributed by atoms with E-state index in [1.807, 2.05) is 0 Å². The minimum absolute atomic E-state index is 0.0408. The molecular weight excluding hydrogens is 488 g/mol. The summed E-state index contributed by atoms with van der Waals surface area (Å²) >= 11 is 0. The van der Waals surface area contributed by atoms with Gasteiger partial charge in [-0.1, -0.05) is 0 Å². The molecule has 0 fully saturated rings. The van der Waals surface area contributed by atoms with Crippen LogP contribution in [0.15, 0.2) is 30.2 Å². The van der Waals surface area contributed by atoms with Crippen LogP contribution in [-0.2, 0) is 33.9 Å². The van der Waals surface area contributed by atoms with Gasteiger partial charge in [-0.25, -0.2) is 4.39 Å². The lowest BCUT2D eigenvalue weighted by Gasteiger charge is -2.26. The molecule has 36 heavy (non-hydrogen) atoms. The molecule has 0 radical (unpaired) electrons. The molecule has 4 rings (SSSR count). The Morgan fingerprint density at radius 3 is 2.86 bits per heavy atom. The summed E-state index contributed by atoms with van der Waals surface area (Å²) in [4.78, 5) is 32.6. The molecule has 0 bridgehead atoms. The van der Waals surface area contributed by atoms with Gasteiger partial charge in [0.1, 0.15) is 30.4 Å². The lowest BCUT2D eigenvalue weighted by atomic mass is 10.0. The Balaban J connectivity index is 1.47.